The number of rotatable bonds is 65. The van der Waals surface area contributed by atoms with Gasteiger partial charge in [-0.05, 0) is 237 Å². The van der Waals surface area contributed by atoms with Crippen LogP contribution in [0.25, 0.3) is 0 Å². The molecule has 0 aromatic rings. The van der Waals surface area contributed by atoms with Gasteiger partial charge in [-0.1, -0.05) is 657 Å². The monoisotopic (exact) mass is 1950 g/mol. The highest BCUT2D eigenvalue weighted by atomic mass is 14.3. The van der Waals surface area contributed by atoms with Crippen LogP contribution in [0.4, 0.5) is 0 Å². The third-order valence-corrected chi connectivity index (χ3v) is 30.4. The third-order valence-electron chi connectivity index (χ3n) is 30.4. The van der Waals surface area contributed by atoms with Crippen molar-refractivity contribution >= 4 is 0 Å². The molecule has 0 heterocycles. The highest BCUT2D eigenvalue weighted by Crippen LogP contribution is 2.40. The molecule has 0 bridgehead atoms. The van der Waals surface area contributed by atoms with Crippen LogP contribution in [0.5, 0.6) is 0 Å². The fourth-order valence-electron chi connectivity index (χ4n) is 21.3. The van der Waals surface area contributed by atoms with E-state index in [0.29, 0.717) is 48.7 Å². The molecule has 0 spiro atoms. The van der Waals surface area contributed by atoms with Gasteiger partial charge in [-0.2, -0.15) is 0 Å². The zero-order valence-electron chi connectivity index (χ0n) is 109. The molecule has 0 aromatic carbocycles. The summed E-state index contributed by atoms with van der Waals surface area (Å²) in [5.41, 5.74) is 4.51. The van der Waals surface area contributed by atoms with Crippen molar-refractivity contribution in [3.63, 3.8) is 0 Å². The van der Waals surface area contributed by atoms with Gasteiger partial charge in [0.15, 0.2) is 0 Å². The van der Waals surface area contributed by atoms with Crippen LogP contribution in [0.1, 0.15) is 715 Å². The van der Waals surface area contributed by atoms with Gasteiger partial charge in [0, 0.05) is 0 Å². The lowest BCUT2D eigenvalue weighted by atomic mass is 9.78. The van der Waals surface area contributed by atoms with Crippen LogP contribution in [0.2, 0.25) is 0 Å². The summed E-state index contributed by atoms with van der Waals surface area (Å²) in [6.07, 6.45) is 72.0. The van der Waals surface area contributed by atoms with E-state index in [4.69, 9.17) is 0 Å². The molecule has 138 heavy (non-hydrogen) atoms. The molecule has 844 valence electrons. The Bertz CT molecular complexity index is 2440. The lowest BCUT2D eigenvalue weighted by molar-refractivity contribution is 0.235. The van der Waals surface area contributed by atoms with E-state index in [1.807, 2.05) is 0 Å². The highest BCUT2D eigenvalue weighted by Gasteiger charge is 2.27. The van der Waals surface area contributed by atoms with Gasteiger partial charge in [0.25, 0.3) is 0 Å². The van der Waals surface area contributed by atoms with E-state index in [0.717, 1.165) is 130 Å². The summed E-state index contributed by atoms with van der Waals surface area (Å²) < 4.78 is 0. The molecule has 0 saturated carbocycles. The summed E-state index contributed by atoms with van der Waals surface area (Å²) >= 11 is 0. The molecular weight excluding hydrogens is 1660 g/mol. The number of hydrogen-bond acceptors (Lipinski definition) is 0. The van der Waals surface area contributed by atoms with E-state index < -0.39 is 0 Å². The first-order valence-electron chi connectivity index (χ1n) is 62.7. The Kier molecular flexibility index (Phi) is 96.2. The summed E-state index contributed by atoms with van der Waals surface area (Å²) in [4.78, 5) is 0. The molecule has 0 amide bonds. The van der Waals surface area contributed by atoms with Crippen LogP contribution in [0, 0.1) is 179 Å². The van der Waals surface area contributed by atoms with E-state index in [1.165, 1.54) is 327 Å². The standard InChI is InChI=1S/C23H48.C20H42.2C19H40.C15H32.3C14H30/c1-10-20(17-22(4,5)6)14-12-16-21(18-23(7,8)9)15-11-13-19(2)3;1-16(2)11-9-12-17(3)13-10-14-18(4)19(5)15-20(6,7)8;1-16(2)10-8-11-17(3)12-9-13-18(4)14-15-19(5,6)7;1-8-18(15-19(5,6)7)14-10-13-17(4)12-9-11-16(2)3;1-12(2)9-8-10-13(3)14(4)11-15(5,6)7;1-12(2)8-7-9-13(3)10-11-14(4,5)6;1-7-12(2)9-8-10-13(3)11-14(4,5)6;1-7-13(11-14(4,5)6)10-8-9-12(2)3/h19-21H,10-18H2,1-9H3;16-19H,9-15H2,1-8H3;2*16-18H,8-15H2,1-7H3;12-14H,8-11H2,1-7H3;3*12-13H,7-11H2,1-6H3. The van der Waals surface area contributed by atoms with Gasteiger partial charge in [-0.15, -0.1) is 0 Å². The van der Waals surface area contributed by atoms with E-state index in [9.17, 15) is 0 Å². The Morgan fingerprint density at radius 2 is 0.283 bits per heavy atom. The minimum Gasteiger partial charge on any atom is -0.0651 e. The van der Waals surface area contributed by atoms with Gasteiger partial charge in [0.05, 0.1) is 0 Å². The van der Waals surface area contributed by atoms with E-state index in [-0.39, 0.29) is 0 Å². The van der Waals surface area contributed by atoms with Crippen molar-refractivity contribution in [2.24, 2.45) is 179 Å². The Labute approximate surface area is 888 Å². The van der Waals surface area contributed by atoms with Crippen molar-refractivity contribution in [2.75, 3.05) is 0 Å². The first-order valence-corrected chi connectivity index (χ1v) is 62.7. The van der Waals surface area contributed by atoms with Crippen LogP contribution in [0.15, 0.2) is 0 Å². The molecular formula is C138H292. The van der Waals surface area contributed by atoms with Gasteiger partial charge >= 0.3 is 0 Å². The van der Waals surface area contributed by atoms with Crippen molar-refractivity contribution in [1.82, 2.24) is 0 Å². The SMILES string of the molecule is CC(C)CCCC(C)C(C)CC(C)(C)C.CC(C)CCCC(C)CCC(C)(C)C.CC(C)CCCC(C)CCCC(C)C(C)CC(C)(C)C.CC(C)CCCC(C)CCCC(C)CCC(C)(C)C.CCC(C)CCCC(C)CC(C)(C)C.CCC(CCCC(C)C)CC(C)(C)C.CCC(CCCC(C)CCCC(C)C)CC(C)(C)C.CCC(CCCC(CCCC(C)C)CC(C)(C)C)CC(C)(C)C. The lowest BCUT2D eigenvalue weighted by Gasteiger charge is -2.28. The van der Waals surface area contributed by atoms with E-state index in [1.54, 1.807) is 0 Å². The molecule has 0 aliphatic carbocycles. The van der Waals surface area contributed by atoms with Gasteiger partial charge in [0.2, 0.25) is 0 Å². The molecule has 15 unspecified atom stereocenters. The zero-order chi connectivity index (χ0) is 109. The molecule has 0 radical (unpaired) electrons. The molecule has 0 aliphatic heterocycles. The quantitative estimate of drug-likeness (QED) is 0.0569. The van der Waals surface area contributed by atoms with Crippen LogP contribution >= 0.6 is 0 Å². The first kappa shape index (κ1) is 153. The average Bonchev–Trinajstić information content (AvgIpc) is 1.12. The average molecular weight is 1950 g/mol. The third kappa shape index (κ3) is 136. The van der Waals surface area contributed by atoms with Crippen LogP contribution in [0.3, 0.4) is 0 Å². The zero-order valence-corrected chi connectivity index (χ0v) is 109. The minimum absolute atomic E-state index is 0.484. The van der Waals surface area contributed by atoms with Crippen molar-refractivity contribution in [3.05, 3.63) is 0 Å². The molecule has 0 nitrogen and oxygen atoms in total. The topological polar surface area (TPSA) is 0 Å². The van der Waals surface area contributed by atoms with Crippen LogP contribution in [-0.2, 0) is 0 Å². The molecule has 0 aromatic heterocycles. The maximum absolute atomic E-state index is 2.46. The van der Waals surface area contributed by atoms with Crippen LogP contribution < -0.4 is 0 Å². The maximum atomic E-state index is 2.46. The molecule has 0 rings (SSSR count). The van der Waals surface area contributed by atoms with E-state index >= 15 is 0 Å². The fraction of sp³-hybridized carbons (Fsp3) is 1.00. The summed E-state index contributed by atoms with van der Waals surface area (Å²) in [5, 5.41) is 0. The number of hydrogen-bond donors (Lipinski definition) is 0. The Balaban J connectivity index is -0.000000235. The molecule has 15 atom stereocenters. The van der Waals surface area contributed by atoms with Gasteiger partial charge in [-0.25, -0.2) is 0 Å². The van der Waals surface area contributed by atoms with Crippen molar-refractivity contribution in [1.29, 1.82) is 0 Å². The van der Waals surface area contributed by atoms with Crippen molar-refractivity contribution in [3.8, 4) is 0 Å². The second-order valence-corrected chi connectivity index (χ2v) is 63.2. The summed E-state index contributed by atoms with van der Waals surface area (Å²) in [6.45, 7) is 133. The maximum Gasteiger partial charge on any atom is -0.0380 e. The van der Waals surface area contributed by atoms with Gasteiger partial charge in [-0.3, -0.25) is 0 Å². The van der Waals surface area contributed by atoms with Crippen molar-refractivity contribution < 1.29 is 0 Å². The Morgan fingerprint density at radius 1 is 0.123 bits per heavy atom. The Hall–Kier alpha value is 0. The predicted molar refractivity (Wildman–Crippen MR) is 652 cm³/mol. The second-order valence-electron chi connectivity index (χ2n) is 63.2. The van der Waals surface area contributed by atoms with Crippen molar-refractivity contribution in [2.45, 2.75) is 715 Å². The second kappa shape index (κ2) is 86.7. The van der Waals surface area contributed by atoms with Gasteiger partial charge in [0.1, 0.15) is 0 Å². The smallest absolute Gasteiger partial charge is 0.0380 e. The molecule has 0 saturated heterocycles. The van der Waals surface area contributed by atoms with E-state index in [2.05, 4.69) is 388 Å². The Morgan fingerprint density at radius 3 is 0.486 bits per heavy atom. The predicted octanol–water partition coefficient (Wildman–Crippen LogP) is 51.3. The summed E-state index contributed by atoms with van der Waals surface area (Å²) in [7, 11) is 0. The normalized spacial score (nSPS) is 16.0. The molecule has 0 heteroatoms. The fourth-order valence-corrected chi connectivity index (χ4v) is 21.3. The minimum atomic E-state index is 0.484. The van der Waals surface area contributed by atoms with Gasteiger partial charge < -0.3 is 0 Å². The lowest BCUT2D eigenvalue weighted by Crippen LogP contribution is -2.17. The molecule has 0 fully saturated rings. The molecule has 0 N–H and O–H groups in total. The highest BCUT2D eigenvalue weighted by molar-refractivity contribution is 4.79. The molecule has 0 aliphatic rings. The first-order chi connectivity index (χ1) is 62.7. The van der Waals surface area contributed by atoms with Crippen LogP contribution in [-0.4, -0.2) is 0 Å². The largest absolute Gasteiger partial charge is 0.0651 e. The summed E-state index contributed by atoms with van der Waals surface area (Å²) in [6, 6.07) is 0. The summed E-state index contributed by atoms with van der Waals surface area (Å²) in [5.74, 6) is 19.9.